The minimum absolute atomic E-state index is 0.153. The van der Waals surface area contributed by atoms with Crippen LogP contribution in [0.1, 0.15) is 16.5 Å². The molecule has 1 aromatic heterocycles. The van der Waals surface area contributed by atoms with Crippen LogP contribution in [-0.4, -0.2) is 0 Å². The van der Waals surface area contributed by atoms with Crippen LogP contribution in [-0.2, 0) is 6.42 Å². The van der Waals surface area contributed by atoms with E-state index in [1.165, 1.54) is 11.3 Å². The van der Waals surface area contributed by atoms with Crippen molar-refractivity contribution in [2.24, 2.45) is 5.73 Å². The minimum Gasteiger partial charge on any atom is -0.324 e. The van der Waals surface area contributed by atoms with Crippen molar-refractivity contribution >= 4 is 22.9 Å². The predicted octanol–water partition coefficient (Wildman–Crippen LogP) is 3.92. The van der Waals surface area contributed by atoms with Gasteiger partial charge in [-0.05, 0) is 23.6 Å². The second-order valence-corrected chi connectivity index (χ2v) is 5.12. The summed E-state index contributed by atoms with van der Waals surface area (Å²) in [5, 5.41) is 1.69. The average molecular weight is 274 g/mol. The highest BCUT2D eigenvalue weighted by atomic mass is 35.5. The summed E-state index contributed by atoms with van der Waals surface area (Å²) in [5.74, 6) is -1.22. The molecule has 0 amide bonds. The van der Waals surface area contributed by atoms with Crippen LogP contribution in [0.3, 0.4) is 0 Å². The number of hydrogen-bond acceptors (Lipinski definition) is 2. The molecule has 1 nitrogen and oxygen atoms in total. The highest BCUT2D eigenvalue weighted by molar-refractivity contribution is 7.09. The Bertz CT molecular complexity index is 513. The second kappa shape index (κ2) is 5.12. The van der Waals surface area contributed by atoms with Crippen molar-refractivity contribution in [3.63, 3.8) is 0 Å². The third-order valence-corrected chi connectivity index (χ3v) is 3.63. The SMILES string of the molecule is NC(Cc1cccs1)c1cc(F)c(Cl)cc1F. The first-order chi connectivity index (χ1) is 8.08. The zero-order chi connectivity index (χ0) is 12.4. The average Bonchev–Trinajstić information content (AvgIpc) is 2.76. The Morgan fingerprint density at radius 3 is 2.71 bits per heavy atom. The van der Waals surface area contributed by atoms with Crippen molar-refractivity contribution in [3.8, 4) is 0 Å². The molecule has 2 rings (SSSR count). The van der Waals surface area contributed by atoms with Gasteiger partial charge in [-0.25, -0.2) is 8.78 Å². The smallest absolute Gasteiger partial charge is 0.142 e. The van der Waals surface area contributed by atoms with Crippen molar-refractivity contribution in [1.29, 1.82) is 0 Å². The molecule has 2 aromatic rings. The van der Waals surface area contributed by atoms with Crippen LogP contribution in [0.5, 0.6) is 0 Å². The molecule has 1 heterocycles. The quantitative estimate of drug-likeness (QED) is 0.843. The lowest BCUT2D eigenvalue weighted by molar-refractivity contribution is 0.562. The molecule has 0 aliphatic carbocycles. The van der Waals surface area contributed by atoms with Gasteiger partial charge in [0.05, 0.1) is 5.02 Å². The topological polar surface area (TPSA) is 26.0 Å². The third kappa shape index (κ3) is 2.83. The lowest BCUT2D eigenvalue weighted by atomic mass is 10.0. The van der Waals surface area contributed by atoms with Gasteiger partial charge in [0.25, 0.3) is 0 Å². The first-order valence-electron chi connectivity index (χ1n) is 5.00. The fourth-order valence-electron chi connectivity index (χ4n) is 1.58. The van der Waals surface area contributed by atoms with Crippen molar-refractivity contribution in [2.45, 2.75) is 12.5 Å². The summed E-state index contributed by atoms with van der Waals surface area (Å²) in [6, 6.07) is 5.26. The number of nitrogens with two attached hydrogens (primary N) is 1. The predicted molar refractivity (Wildman–Crippen MR) is 66.3 cm³/mol. The van der Waals surface area contributed by atoms with Crippen LogP contribution in [0.2, 0.25) is 5.02 Å². The molecule has 1 unspecified atom stereocenters. The van der Waals surface area contributed by atoms with Gasteiger partial charge in [-0.1, -0.05) is 17.7 Å². The normalized spacial score (nSPS) is 12.7. The highest BCUT2D eigenvalue weighted by Gasteiger charge is 2.15. The van der Waals surface area contributed by atoms with Gasteiger partial charge in [-0.2, -0.15) is 0 Å². The van der Waals surface area contributed by atoms with Crippen molar-refractivity contribution in [3.05, 3.63) is 56.7 Å². The van der Waals surface area contributed by atoms with E-state index in [1.807, 2.05) is 17.5 Å². The van der Waals surface area contributed by atoms with Gasteiger partial charge >= 0.3 is 0 Å². The molecule has 90 valence electrons. The van der Waals surface area contributed by atoms with Gasteiger partial charge in [0.2, 0.25) is 0 Å². The van der Waals surface area contributed by atoms with E-state index in [1.54, 1.807) is 0 Å². The lowest BCUT2D eigenvalue weighted by Gasteiger charge is -2.12. The first-order valence-corrected chi connectivity index (χ1v) is 6.26. The molecule has 0 bridgehead atoms. The maximum absolute atomic E-state index is 13.6. The van der Waals surface area contributed by atoms with E-state index >= 15 is 0 Å². The monoisotopic (exact) mass is 273 g/mol. The Balaban J connectivity index is 2.24. The molecule has 1 aromatic carbocycles. The van der Waals surface area contributed by atoms with Gasteiger partial charge in [0.1, 0.15) is 11.6 Å². The van der Waals surface area contributed by atoms with E-state index in [0.29, 0.717) is 6.42 Å². The van der Waals surface area contributed by atoms with Crippen LogP contribution in [0.25, 0.3) is 0 Å². The molecule has 2 N–H and O–H groups in total. The summed E-state index contributed by atoms with van der Waals surface area (Å²) in [4.78, 5) is 1.03. The second-order valence-electron chi connectivity index (χ2n) is 3.68. The molecular weight excluding hydrogens is 264 g/mol. The number of halogens is 3. The zero-order valence-electron chi connectivity index (χ0n) is 8.79. The molecule has 0 radical (unpaired) electrons. The molecular formula is C12H10ClF2NS. The number of rotatable bonds is 3. The number of benzene rings is 1. The standard InChI is InChI=1S/C12H10ClF2NS/c13-9-6-10(14)8(5-11(9)15)12(16)4-7-2-1-3-17-7/h1-3,5-6,12H,4,16H2. The van der Waals surface area contributed by atoms with Crippen molar-refractivity contribution in [1.82, 2.24) is 0 Å². The van der Waals surface area contributed by atoms with E-state index in [-0.39, 0.29) is 10.6 Å². The lowest BCUT2D eigenvalue weighted by Crippen LogP contribution is -2.15. The van der Waals surface area contributed by atoms with Gasteiger partial charge < -0.3 is 5.73 Å². The van der Waals surface area contributed by atoms with Gasteiger partial charge in [-0.15, -0.1) is 11.3 Å². The maximum atomic E-state index is 13.6. The van der Waals surface area contributed by atoms with Crippen LogP contribution < -0.4 is 5.73 Å². The summed E-state index contributed by atoms with van der Waals surface area (Å²) in [6.07, 6.45) is 0.482. The van der Waals surface area contributed by atoms with E-state index in [9.17, 15) is 8.78 Å². The zero-order valence-corrected chi connectivity index (χ0v) is 10.4. The van der Waals surface area contributed by atoms with E-state index in [0.717, 1.165) is 17.0 Å². The van der Waals surface area contributed by atoms with Crippen LogP contribution >= 0.6 is 22.9 Å². The summed E-state index contributed by atoms with van der Waals surface area (Å²) >= 11 is 7.02. The molecule has 0 saturated carbocycles. The molecule has 0 saturated heterocycles. The number of thiophene rings is 1. The fourth-order valence-corrected chi connectivity index (χ4v) is 2.49. The van der Waals surface area contributed by atoms with E-state index in [4.69, 9.17) is 17.3 Å². The Kier molecular flexibility index (Phi) is 3.76. The summed E-state index contributed by atoms with van der Waals surface area (Å²) < 4.78 is 26.8. The Labute approximate surface area is 107 Å². The van der Waals surface area contributed by atoms with Crippen LogP contribution in [0, 0.1) is 11.6 Å². The molecule has 0 aliphatic heterocycles. The molecule has 17 heavy (non-hydrogen) atoms. The van der Waals surface area contributed by atoms with E-state index < -0.39 is 17.7 Å². The minimum atomic E-state index is -0.648. The van der Waals surface area contributed by atoms with E-state index in [2.05, 4.69) is 0 Å². The van der Waals surface area contributed by atoms with Crippen LogP contribution in [0.15, 0.2) is 29.6 Å². The molecule has 0 spiro atoms. The van der Waals surface area contributed by atoms with Gasteiger partial charge in [0, 0.05) is 22.9 Å². The summed E-state index contributed by atoms with van der Waals surface area (Å²) in [5.41, 5.74) is 6.02. The van der Waals surface area contributed by atoms with Gasteiger partial charge in [-0.3, -0.25) is 0 Å². The van der Waals surface area contributed by atoms with Crippen molar-refractivity contribution in [2.75, 3.05) is 0 Å². The molecule has 0 fully saturated rings. The molecule has 1 atom stereocenters. The highest BCUT2D eigenvalue weighted by Crippen LogP contribution is 2.25. The largest absolute Gasteiger partial charge is 0.324 e. The van der Waals surface area contributed by atoms with Crippen LogP contribution in [0.4, 0.5) is 8.78 Å². The Morgan fingerprint density at radius 1 is 1.29 bits per heavy atom. The summed E-state index contributed by atoms with van der Waals surface area (Å²) in [6.45, 7) is 0. The number of hydrogen-bond donors (Lipinski definition) is 1. The van der Waals surface area contributed by atoms with Gasteiger partial charge in [0.15, 0.2) is 0 Å². The summed E-state index contributed by atoms with van der Waals surface area (Å²) in [7, 11) is 0. The third-order valence-electron chi connectivity index (χ3n) is 2.44. The first kappa shape index (κ1) is 12.5. The fraction of sp³-hybridized carbons (Fsp3) is 0.167. The Hall–Kier alpha value is -0.970. The van der Waals surface area contributed by atoms with Crippen molar-refractivity contribution < 1.29 is 8.78 Å². The maximum Gasteiger partial charge on any atom is 0.142 e. The molecule has 5 heteroatoms. The molecule has 0 aliphatic rings. The Morgan fingerprint density at radius 2 is 2.06 bits per heavy atom.